The summed E-state index contributed by atoms with van der Waals surface area (Å²) in [5.41, 5.74) is -1.80. The predicted molar refractivity (Wildman–Crippen MR) is 143 cm³/mol. The summed E-state index contributed by atoms with van der Waals surface area (Å²) >= 11 is 0. The lowest BCUT2D eigenvalue weighted by atomic mass is 10.2. The van der Waals surface area contributed by atoms with Gasteiger partial charge >= 0.3 is 12.1 Å². The SMILES string of the molecule is O=C(O)c1cccc(S(=O)(=O)N2CCCC2CCNS(=O)(=O)c2cc(S(=O)(=O)c3ccccc3)ccc2C(F)(F)F)c1. The standard InChI is InChI=1S/C26H25F3N2O8S3/c27-26(28,29)23-12-11-21(40(34,35)20-8-2-1-3-9-20)17-24(23)41(36,37)30-14-13-19-7-5-15-31(19)42(38,39)22-10-4-6-18(16-22)25(32)33/h1-4,6,8-12,16-17,19,30H,5,7,13-15H2,(H,32,33). The highest BCUT2D eigenvalue weighted by Crippen LogP contribution is 2.36. The van der Waals surface area contributed by atoms with Gasteiger partial charge in [0.05, 0.1) is 30.7 Å². The summed E-state index contributed by atoms with van der Waals surface area (Å²) in [6.07, 6.45) is -4.48. The predicted octanol–water partition coefficient (Wildman–Crippen LogP) is 3.76. The van der Waals surface area contributed by atoms with Gasteiger partial charge in [-0.25, -0.2) is 34.8 Å². The number of sulfonamides is 2. The Morgan fingerprint density at radius 2 is 1.55 bits per heavy atom. The summed E-state index contributed by atoms with van der Waals surface area (Å²) < 4.78 is 123. The molecule has 0 saturated carbocycles. The molecule has 42 heavy (non-hydrogen) atoms. The molecule has 1 fully saturated rings. The number of halogens is 3. The lowest BCUT2D eigenvalue weighted by Gasteiger charge is -2.24. The molecule has 1 unspecified atom stereocenters. The Balaban J connectivity index is 1.57. The maximum absolute atomic E-state index is 13.8. The first kappa shape index (κ1) is 31.6. The number of aromatic carboxylic acids is 1. The summed E-state index contributed by atoms with van der Waals surface area (Å²) in [5.74, 6) is -1.32. The van der Waals surface area contributed by atoms with Gasteiger partial charge < -0.3 is 5.11 Å². The van der Waals surface area contributed by atoms with Crippen molar-refractivity contribution in [3.8, 4) is 0 Å². The highest BCUT2D eigenvalue weighted by Gasteiger charge is 2.39. The van der Waals surface area contributed by atoms with E-state index < -0.39 is 70.0 Å². The molecule has 16 heteroatoms. The maximum atomic E-state index is 13.8. The number of nitrogens with one attached hydrogen (secondary N) is 1. The Morgan fingerprint density at radius 1 is 0.881 bits per heavy atom. The van der Waals surface area contributed by atoms with Crippen molar-refractivity contribution in [2.75, 3.05) is 13.1 Å². The molecule has 0 amide bonds. The summed E-state index contributed by atoms with van der Waals surface area (Å²) in [6.45, 7) is -0.379. The maximum Gasteiger partial charge on any atom is 0.417 e. The average Bonchev–Trinajstić information content (AvgIpc) is 3.42. The Morgan fingerprint density at radius 3 is 2.19 bits per heavy atom. The van der Waals surface area contributed by atoms with E-state index in [4.69, 9.17) is 0 Å². The number of alkyl halides is 3. The number of benzene rings is 3. The van der Waals surface area contributed by atoms with Gasteiger partial charge in [-0.3, -0.25) is 0 Å². The van der Waals surface area contributed by atoms with Gasteiger partial charge in [0.2, 0.25) is 29.9 Å². The second-order valence-corrected chi connectivity index (χ2v) is 15.0. The molecular weight excluding hydrogens is 621 g/mol. The summed E-state index contributed by atoms with van der Waals surface area (Å²) in [7, 11) is -13.4. The molecule has 4 rings (SSSR count). The third-order valence-electron chi connectivity index (χ3n) is 6.69. The van der Waals surface area contributed by atoms with Crippen LogP contribution in [0.4, 0.5) is 13.2 Å². The van der Waals surface area contributed by atoms with Crippen LogP contribution < -0.4 is 4.72 Å². The van der Waals surface area contributed by atoms with Gasteiger partial charge in [-0.05, 0) is 67.8 Å². The highest BCUT2D eigenvalue weighted by atomic mass is 32.2. The van der Waals surface area contributed by atoms with Crippen molar-refractivity contribution in [3.05, 3.63) is 83.9 Å². The number of sulfone groups is 1. The van der Waals surface area contributed by atoms with E-state index in [1.165, 1.54) is 48.5 Å². The Hall–Kier alpha value is -3.31. The Bertz CT molecular complexity index is 1810. The van der Waals surface area contributed by atoms with Crippen LogP contribution in [-0.2, 0) is 36.1 Å². The minimum absolute atomic E-state index is 0.0780. The minimum Gasteiger partial charge on any atom is -0.478 e. The van der Waals surface area contributed by atoms with E-state index in [1.807, 2.05) is 4.72 Å². The summed E-state index contributed by atoms with van der Waals surface area (Å²) in [4.78, 5) is 8.84. The molecule has 1 saturated heterocycles. The zero-order valence-corrected chi connectivity index (χ0v) is 24.1. The quantitative estimate of drug-likeness (QED) is 0.338. The van der Waals surface area contributed by atoms with Gasteiger partial charge in [-0.15, -0.1) is 0 Å². The molecule has 1 aliphatic heterocycles. The zero-order chi connectivity index (χ0) is 30.9. The van der Waals surface area contributed by atoms with Gasteiger partial charge in [-0.2, -0.15) is 17.5 Å². The lowest BCUT2D eigenvalue weighted by molar-refractivity contribution is -0.139. The van der Waals surface area contributed by atoms with Crippen LogP contribution in [0.2, 0.25) is 0 Å². The van der Waals surface area contributed by atoms with Crippen LogP contribution in [0.5, 0.6) is 0 Å². The summed E-state index contributed by atoms with van der Waals surface area (Å²) in [5, 5.41) is 9.19. The molecule has 1 atom stereocenters. The largest absolute Gasteiger partial charge is 0.478 e. The topological polar surface area (TPSA) is 155 Å². The molecule has 0 radical (unpaired) electrons. The molecule has 3 aromatic rings. The number of hydrogen-bond donors (Lipinski definition) is 2. The van der Waals surface area contributed by atoms with Crippen molar-refractivity contribution in [1.82, 2.24) is 9.03 Å². The lowest BCUT2D eigenvalue weighted by Crippen LogP contribution is -2.38. The van der Waals surface area contributed by atoms with Crippen molar-refractivity contribution < 1.29 is 48.3 Å². The molecule has 0 bridgehead atoms. The van der Waals surface area contributed by atoms with E-state index in [-0.39, 0.29) is 28.3 Å². The molecule has 3 aromatic carbocycles. The second kappa shape index (κ2) is 11.8. The Labute approximate surface area is 240 Å². The fraction of sp³-hybridized carbons (Fsp3) is 0.269. The fourth-order valence-electron chi connectivity index (χ4n) is 4.64. The van der Waals surface area contributed by atoms with Gasteiger partial charge in [0.15, 0.2) is 0 Å². The smallest absolute Gasteiger partial charge is 0.417 e. The van der Waals surface area contributed by atoms with Gasteiger partial charge in [0.25, 0.3) is 0 Å². The third kappa shape index (κ3) is 6.52. The van der Waals surface area contributed by atoms with Gasteiger partial charge in [0.1, 0.15) is 0 Å². The van der Waals surface area contributed by atoms with Crippen molar-refractivity contribution in [1.29, 1.82) is 0 Å². The molecule has 1 heterocycles. The number of hydrogen-bond acceptors (Lipinski definition) is 7. The number of carboxylic acids is 1. The van der Waals surface area contributed by atoms with E-state index in [2.05, 4.69) is 0 Å². The Kier molecular flexibility index (Phi) is 8.85. The molecule has 2 N–H and O–H groups in total. The molecule has 10 nitrogen and oxygen atoms in total. The van der Waals surface area contributed by atoms with Crippen molar-refractivity contribution in [2.24, 2.45) is 0 Å². The van der Waals surface area contributed by atoms with Crippen molar-refractivity contribution in [2.45, 2.75) is 51.1 Å². The molecule has 0 aliphatic carbocycles. The molecule has 226 valence electrons. The summed E-state index contributed by atoms with van der Waals surface area (Å²) in [6, 6.07) is 12.3. The fourth-order valence-corrected chi connectivity index (χ4v) is 9.09. The van der Waals surface area contributed by atoms with Crippen molar-refractivity contribution in [3.63, 3.8) is 0 Å². The van der Waals surface area contributed by atoms with E-state index in [0.717, 1.165) is 10.4 Å². The van der Waals surface area contributed by atoms with Crippen LogP contribution in [0.1, 0.15) is 35.2 Å². The van der Waals surface area contributed by atoms with Crippen molar-refractivity contribution >= 4 is 35.9 Å². The molecule has 0 spiro atoms. The normalized spacial score (nSPS) is 16.9. The first-order valence-corrected chi connectivity index (χ1v) is 16.8. The molecule has 0 aromatic heterocycles. The van der Waals surface area contributed by atoms with E-state index in [0.29, 0.717) is 31.0 Å². The monoisotopic (exact) mass is 646 g/mol. The van der Waals surface area contributed by atoms with Crippen LogP contribution in [0.3, 0.4) is 0 Å². The minimum atomic E-state index is -5.13. The third-order valence-corrected chi connectivity index (χ3v) is 11.9. The van der Waals surface area contributed by atoms with Crippen LogP contribution in [0.25, 0.3) is 0 Å². The number of nitrogens with zero attached hydrogens (tertiary/aromatic N) is 1. The number of rotatable bonds is 10. The average molecular weight is 647 g/mol. The first-order chi connectivity index (χ1) is 19.5. The second-order valence-electron chi connectivity index (χ2n) is 9.40. The van der Waals surface area contributed by atoms with Crippen LogP contribution in [0, 0.1) is 0 Å². The van der Waals surface area contributed by atoms with E-state index in [9.17, 15) is 48.3 Å². The van der Waals surface area contributed by atoms with Crippen LogP contribution >= 0.6 is 0 Å². The number of carbonyl (C=O) groups is 1. The van der Waals surface area contributed by atoms with Crippen LogP contribution in [-0.4, -0.2) is 59.8 Å². The van der Waals surface area contributed by atoms with E-state index >= 15 is 0 Å². The van der Waals surface area contributed by atoms with E-state index in [1.54, 1.807) is 0 Å². The number of carboxylic acid groups (broad SMARTS) is 1. The zero-order valence-electron chi connectivity index (χ0n) is 21.7. The van der Waals surface area contributed by atoms with Gasteiger partial charge in [-0.1, -0.05) is 24.3 Å². The van der Waals surface area contributed by atoms with Gasteiger partial charge in [0, 0.05) is 19.1 Å². The molecule has 1 aliphatic rings. The molecular formula is C26H25F3N2O8S3. The highest BCUT2D eigenvalue weighted by molar-refractivity contribution is 7.91. The first-order valence-electron chi connectivity index (χ1n) is 12.4. The van der Waals surface area contributed by atoms with Crippen LogP contribution in [0.15, 0.2) is 92.4 Å².